The molecule has 1 aromatic carbocycles. The van der Waals surface area contributed by atoms with E-state index in [1.807, 2.05) is 4.68 Å². The summed E-state index contributed by atoms with van der Waals surface area (Å²) in [7, 11) is 0. The molecule has 0 unspecified atom stereocenters. The maximum Gasteiger partial charge on any atom is 0.253 e. The van der Waals surface area contributed by atoms with Crippen LogP contribution in [-0.4, -0.2) is 26.1 Å². The third kappa shape index (κ3) is 3.05. The molecule has 1 aliphatic rings. The largest absolute Gasteiger partial charge is 0.345 e. The van der Waals surface area contributed by atoms with E-state index >= 15 is 0 Å². The van der Waals surface area contributed by atoms with Crippen LogP contribution in [0.3, 0.4) is 0 Å². The van der Waals surface area contributed by atoms with Crippen molar-refractivity contribution in [3.8, 4) is 0 Å². The van der Waals surface area contributed by atoms with E-state index in [-0.39, 0.29) is 5.91 Å². The van der Waals surface area contributed by atoms with Crippen molar-refractivity contribution in [1.29, 1.82) is 0 Å². The zero-order valence-electron chi connectivity index (χ0n) is 11.5. The number of nitrogens with zero attached hydrogens (tertiary/aromatic N) is 4. The second-order valence-electron chi connectivity index (χ2n) is 5.14. The van der Waals surface area contributed by atoms with Crippen LogP contribution in [0.2, 0.25) is 5.02 Å². The van der Waals surface area contributed by atoms with Gasteiger partial charge in [0.1, 0.15) is 0 Å². The predicted molar refractivity (Wildman–Crippen MR) is 77.9 cm³/mol. The molecule has 0 radical (unpaired) electrons. The molecule has 0 aliphatic heterocycles. The van der Waals surface area contributed by atoms with Gasteiger partial charge in [0, 0.05) is 0 Å². The molecule has 21 heavy (non-hydrogen) atoms. The van der Waals surface area contributed by atoms with Crippen LogP contribution in [-0.2, 0) is 6.54 Å². The van der Waals surface area contributed by atoms with E-state index in [2.05, 4.69) is 20.8 Å². The van der Waals surface area contributed by atoms with Crippen molar-refractivity contribution in [2.45, 2.75) is 38.3 Å². The molecule has 1 aliphatic carbocycles. The standard InChI is InChI=1S/C14H16ClN5O/c15-12-8-4-3-7-11(12)14(21)16-9-13-17-18-19-20(13)10-5-1-2-6-10/h3-4,7-8,10H,1-2,5-6,9H2,(H,16,21). The zero-order valence-corrected chi connectivity index (χ0v) is 12.3. The Bertz CT molecular complexity index is 636. The summed E-state index contributed by atoms with van der Waals surface area (Å²) in [5.41, 5.74) is 0.457. The van der Waals surface area contributed by atoms with Crippen molar-refractivity contribution < 1.29 is 4.79 Å². The van der Waals surface area contributed by atoms with Crippen LogP contribution in [0.4, 0.5) is 0 Å². The zero-order chi connectivity index (χ0) is 14.7. The third-order valence-electron chi connectivity index (χ3n) is 3.76. The molecule has 0 saturated heterocycles. The molecule has 7 heteroatoms. The van der Waals surface area contributed by atoms with E-state index in [0.29, 0.717) is 29.0 Å². The highest BCUT2D eigenvalue weighted by atomic mass is 35.5. The molecule has 0 spiro atoms. The fraction of sp³-hybridized carbons (Fsp3) is 0.429. The smallest absolute Gasteiger partial charge is 0.253 e. The monoisotopic (exact) mass is 305 g/mol. The van der Waals surface area contributed by atoms with Gasteiger partial charge >= 0.3 is 0 Å². The summed E-state index contributed by atoms with van der Waals surface area (Å²) in [6.07, 6.45) is 4.60. The molecule has 6 nitrogen and oxygen atoms in total. The maximum atomic E-state index is 12.1. The fourth-order valence-electron chi connectivity index (χ4n) is 2.66. The molecule has 1 heterocycles. The molecule has 1 aromatic heterocycles. The molecular formula is C14H16ClN5O. The predicted octanol–water partition coefficient (Wildman–Crippen LogP) is 2.37. The number of hydrogen-bond donors (Lipinski definition) is 1. The number of benzene rings is 1. The second-order valence-corrected chi connectivity index (χ2v) is 5.55. The second kappa shape index (κ2) is 6.22. The van der Waals surface area contributed by atoms with Gasteiger partial charge in [-0.3, -0.25) is 4.79 Å². The van der Waals surface area contributed by atoms with E-state index in [1.54, 1.807) is 24.3 Å². The lowest BCUT2D eigenvalue weighted by atomic mass is 10.2. The molecule has 0 atom stereocenters. The van der Waals surface area contributed by atoms with Crippen LogP contribution in [0, 0.1) is 0 Å². The van der Waals surface area contributed by atoms with E-state index in [0.717, 1.165) is 12.8 Å². The summed E-state index contributed by atoms with van der Waals surface area (Å²) in [6.45, 7) is 0.299. The Balaban J connectivity index is 1.67. The molecule has 1 N–H and O–H groups in total. The van der Waals surface area contributed by atoms with Crippen molar-refractivity contribution in [2.24, 2.45) is 0 Å². The van der Waals surface area contributed by atoms with Crippen LogP contribution in [0.5, 0.6) is 0 Å². The highest BCUT2D eigenvalue weighted by molar-refractivity contribution is 6.33. The van der Waals surface area contributed by atoms with Gasteiger partial charge in [-0.25, -0.2) is 4.68 Å². The van der Waals surface area contributed by atoms with Gasteiger partial charge in [-0.15, -0.1) is 5.10 Å². The van der Waals surface area contributed by atoms with Crippen LogP contribution >= 0.6 is 11.6 Å². The van der Waals surface area contributed by atoms with E-state index in [1.165, 1.54) is 12.8 Å². The number of amides is 1. The van der Waals surface area contributed by atoms with Crippen molar-refractivity contribution in [1.82, 2.24) is 25.5 Å². The topological polar surface area (TPSA) is 72.7 Å². The van der Waals surface area contributed by atoms with Gasteiger partial charge in [-0.2, -0.15) is 0 Å². The van der Waals surface area contributed by atoms with E-state index < -0.39 is 0 Å². The van der Waals surface area contributed by atoms with E-state index in [9.17, 15) is 4.79 Å². The Labute approximate surface area is 127 Å². The quantitative estimate of drug-likeness (QED) is 0.941. The van der Waals surface area contributed by atoms with Crippen molar-refractivity contribution in [3.63, 3.8) is 0 Å². The van der Waals surface area contributed by atoms with Crippen LogP contribution in [0.25, 0.3) is 0 Å². The Hall–Kier alpha value is -1.95. The number of tetrazole rings is 1. The summed E-state index contributed by atoms with van der Waals surface area (Å²) >= 11 is 6.01. The number of aromatic nitrogens is 4. The molecule has 110 valence electrons. The number of hydrogen-bond acceptors (Lipinski definition) is 4. The number of carbonyl (C=O) groups excluding carboxylic acids is 1. The van der Waals surface area contributed by atoms with Gasteiger partial charge in [-0.05, 0) is 35.4 Å². The minimum Gasteiger partial charge on any atom is -0.345 e. The van der Waals surface area contributed by atoms with Crippen molar-refractivity contribution in [2.75, 3.05) is 0 Å². The molecule has 1 saturated carbocycles. The first kappa shape index (κ1) is 14.0. The third-order valence-corrected chi connectivity index (χ3v) is 4.09. The minimum atomic E-state index is -0.221. The highest BCUT2D eigenvalue weighted by Crippen LogP contribution is 2.29. The fourth-order valence-corrected chi connectivity index (χ4v) is 2.88. The lowest BCUT2D eigenvalue weighted by Crippen LogP contribution is -2.26. The van der Waals surface area contributed by atoms with Gasteiger partial charge in [0.2, 0.25) is 0 Å². The Kier molecular flexibility index (Phi) is 4.15. The number of halogens is 1. The minimum absolute atomic E-state index is 0.221. The van der Waals surface area contributed by atoms with Gasteiger partial charge in [0.25, 0.3) is 5.91 Å². The molecule has 0 bridgehead atoms. The van der Waals surface area contributed by atoms with Gasteiger partial charge in [-0.1, -0.05) is 36.6 Å². The average molecular weight is 306 g/mol. The maximum absolute atomic E-state index is 12.1. The summed E-state index contributed by atoms with van der Waals surface area (Å²) < 4.78 is 1.83. The SMILES string of the molecule is O=C(NCc1nnnn1C1CCCC1)c1ccccc1Cl. The Morgan fingerprint density at radius 2 is 2.10 bits per heavy atom. The highest BCUT2D eigenvalue weighted by Gasteiger charge is 2.21. The molecule has 1 amide bonds. The van der Waals surface area contributed by atoms with Crippen LogP contribution < -0.4 is 5.32 Å². The van der Waals surface area contributed by atoms with Gasteiger partial charge in [0.15, 0.2) is 5.82 Å². The van der Waals surface area contributed by atoms with Gasteiger partial charge < -0.3 is 5.32 Å². The summed E-state index contributed by atoms with van der Waals surface area (Å²) in [5.74, 6) is 0.462. The summed E-state index contributed by atoms with van der Waals surface area (Å²) in [5, 5.41) is 15.0. The number of nitrogens with one attached hydrogen (secondary N) is 1. The summed E-state index contributed by atoms with van der Waals surface area (Å²) in [4.78, 5) is 12.1. The Morgan fingerprint density at radius 3 is 2.86 bits per heavy atom. The molecule has 2 aromatic rings. The Morgan fingerprint density at radius 1 is 1.33 bits per heavy atom. The first-order chi connectivity index (χ1) is 10.3. The van der Waals surface area contributed by atoms with Gasteiger partial charge in [0.05, 0.1) is 23.2 Å². The van der Waals surface area contributed by atoms with Crippen LogP contribution in [0.1, 0.15) is 47.9 Å². The van der Waals surface area contributed by atoms with Crippen molar-refractivity contribution in [3.05, 3.63) is 40.7 Å². The number of carbonyl (C=O) groups is 1. The van der Waals surface area contributed by atoms with E-state index in [4.69, 9.17) is 11.6 Å². The molecule has 1 fully saturated rings. The lowest BCUT2D eigenvalue weighted by molar-refractivity contribution is 0.0949. The van der Waals surface area contributed by atoms with Crippen molar-refractivity contribution >= 4 is 17.5 Å². The average Bonchev–Trinajstić information content (AvgIpc) is 3.16. The first-order valence-corrected chi connectivity index (χ1v) is 7.43. The molecule has 3 rings (SSSR count). The normalized spacial score (nSPS) is 15.3. The van der Waals surface area contributed by atoms with Crippen LogP contribution in [0.15, 0.2) is 24.3 Å². The number of rotatable bonds is 4. The summed E-state index contributed by atoms with van der Waals surface area (Å²) in [6, 6.07) is 7.31. The lowest BCUT2D eigenvalue weighted by Gasteiger charge is -2.12. The first-order valence-electron chi connectivity index (χ1n) is 7.05. The molecular weight excluding hydrogens is 290 g/mol.